The molecule has 0 aromatic heterocycles. The SMILES string of the molecule is N#Cc1ccc(-c2cccc([C@H]3SCC[C@@H](CN)NC3=O)c2)cc1. The van der Waals surface area contributed by atoms with Gasteiger partial charge in [0, 0.05) is 12.6 Å². The number of nitrogens with zero attached hydrogens (tertiary/aromatic N) is 1. The number of nitrogens with two attached hydrogens (primary N) is 1. The first kappa shape index (κ1) is 16.6. The van der Waals surface area contributed by atoms with E-state index in [2.05, 4.69) is 17.5 Å². The number of nitrogens with one attached hydrogen (secondary N) is 1. The molecule has 0 saturated carbocycles. The second kappa shape index (κ2) is 7.52. The topological polar surface area (TPSA) is 78.9 Å². The van der Waals surface area contributed by atoms with E-state index in [1.807, 2.05) is 30.3 Å². The standard InChI is InChI=1S/C19H19N3OS/c20-11-13-4-6-14(7-5-13)15-2-1-3-16(10-15)18-19(23)22-17(12-21)8-9-24-18/h1-7,10,17-18H,8-9,12,21H2,(H,22,23)/t17-,18+/m0/s1. The average Bonchev–Trinajstić information content (AvgIpc) is 2.83. The van der Waals surface area contributed by atoms with Crippen LogP contribution in [0.25, 0.3) is 11.1 Å². The summed E-state index contributed by atoms with van der Waals surface area (Å²) >= 11 is 1.66. The number of nitriles is 1. The highest BCUT2D eigenvalue weighted by Gasteiger charge is 2.26. The summed E-state index contributed by atoms with van der Waals surface area (Å²) in [5.74, 6) is 0.941. The number of hydrogen-bond donors (Lipinski definition) is 2. The summed E-state index contributed by atoms with van der Waals surface area (Å²) in [7, 11) is 0. The zero-order chi connectivity index (χ0) is 16.9. The second-order valence-corrected chi connectivity index (χ2v) is 7.01. The molecule has 4 nitrogen and oxygen atoms in total. The Hall–Kier alpha value is -2.29. The zero-order valence-electron chi connectivity index (χ0n) is 13.2. The van der Waals surface area contributed by atoms with Crippen molar-refractivity contribution in [1.29, 1.82) is 5.26 Å². The third kappa shape index (κ3) is 3.61. The molecule has 1 aliphatic heterocycles. The highest BCUT2D eigenvalue weighted by Crippen LogP contribution is 2.34. The normalized spacial score (nSPS) is 20.8. The van der Waals surface area contributed by atoms with Gasteiger partial charge in [0.1, 0.15) is 5.25 Å². The maximum Gasteiger partial charge on any atom is 0.237 e. The number of carbonyl (C=O) groups excluding carboxylic acids is 1. The molecule has 2 aromatic carbocycles. The maximum atomic E-state index is 12.5. The predicted molar refractivity (Wildman–Crippen MR) is 97.4 cm³/mol. The van der Waals surface area contributed by atoms with Gasteiger partial charge < -0.3 is 11.1 Å². The molecular weight excluding hydrogens is 318 g/mol. The number of thioether (sulfide) groups is 1. The fourth-order valence-corrected chi connectivity index (χ4v) is 4.01. The molecule has 0 bridgehead atoms. The van der Waals surface area contributed by atoms with Crippen LogP contribution in [0.4, 0.5) is 0 Å². The van der Waals surface area contributed by atoms with Crippen LogP contribution >= 0.6 is 11.8 Å². The number of hydrogen-bond acceptors (Lipinski definition) is 4. The van der Waals surface area contributed by atoms with Crippen molar-refractivity contribution in [3.63, 3.8) is 0 Å². The molecule has 1 amide bonds. The molecule has 24 heavy (non-hydrogen) atoms. The molecule has 0 aliphatic carbocycles. The predicted octanol–water partition coefficient (Wildman–Crippen LogP) is 2.85. The van der Waals surface area contributed by atoms with E-state index >= 15 is 0 Å². The van der Waals surface area contributed by atoms with Crippen molar-refractivity contribution in [2.24, 2.45) is 5.73 Å². The highest BCUT2D eigenvalue weighted by molar-refractivity contribution is 8.00. The first-order chi connectivity index (χ1) is 11.7. The van der Waals surface area contributed by atoms with E-state index < -0.39 is 0 Å². The molecule has 2 atom stereocenters. The molecule has 3 rings (SSSR count). The van der Waals surface area contributed by atoms with E-state index in [0.29, 0.717) is 12.1 Å². The smallest absolute Gasteiger partial charge is 0.237 e. The molecule has 1 aliphatic rings. The molecule has 122 valence electrons. The molecule has 0 unspecified atom stereocenters. The van der Waals surface area contributed by atoms with Gasteiger partial charge in [-0.3, -0.25) is 4.79 Å². The monoisotopic (exact) mass is 337 g/mol. The third-order valence-electron chi connectivity index (χ3n) is 4.16. The Morgan fingerprint density at radius 3 is 2.71 bits per heavy atom. The minimum atomic E-state index is -0.208. The van der Waals surface area contributed by atoms with Crippen molar-refractivity contribution in [1.82, 2.24) is 5.32 Å². The van der Waals surface area contributed by atoms with Crippen LogP contribution in [0.1, 0.15) is 22.8 Å². The van der Waals surface area contributed by atoms with E-state index in [-0.39, 0.29) is 17.2 Å². The van der Waals surface area contributed by atoms with Gasteiger partial charge in [-0.2, -0.15) is 5.26 Å². The van der Waals surface area contributed by atoms with Gasteiger partial charge in [0.05, 0.1) is 11.6 Å². The van der Waals surface area contributed by atoms with Crippen molar-refractivity contribution in [3.8, 4) is 17.2 Å². The number of amides is 1. The van der Waals surface area contributed by atoms with Gasteiger partial charge in [0.15, 0.2) is 0 Å². The molecule has 0 spiro atoms. The van der Waals surface area contributed by atoms with Gasteiger partial charge in [0.25, 0.3) is 0 Å². The van der Waals surface area contributed by atoms with Crippen molar-refractivity contribution in [2.45, 2.75) is 17.7 Å². The summed E-state index contributed by atoms with van der Waals surface area (Å²) in [6, 6.07) is 17.7. The Bertz CT molecular complexity index is 767. The van der Waals surface area contributed by atoms with Crippen LogP contribution in [0.2, 0.25) is 0 Å². The number of carbonyl (C=O) groups is 1. The lowest BCUT2D eigenvalue weighted by molar-refractivity contribution is -0.121. The van der Waals surface area contributed by atoms with Crippen LogP contribution in [0.15, 0.2) is 48.5 Å². The van der Waals surface area contributed by atoms with Crippen LogP contribution < -0.4 is 11.1 Å². The van der Waals surface area contributed by atoms with E-state index in [9.17, 15) is 4.79 Å². The van der Waals surface area contributed by atoms with Crippen molar-refractivity contribution in [3.05, 3.63) is 59.7 Å². The Morgan fingerprint density at radius 1 is 1.21 bits per heavy atom. The fourth-order valence-electron chi connectivity index (χ4n) is 2.80. The molecule has 5 heteroatoms. The Balaban J connectivity index is 1.87. The maximum absolute atomic E-state index is 12.5. The first-order valence-corrected chi connectivity index (χ1v) is 8.98. The first-order valence-electron chi connectivity index (χ1n) is 7.94. The summed E-state index contributed by atoms with van der Waals surface area (Å²) in [5.41, 5.74) is 9.42. The van der Waals surface area contributed by atoms with Gasteiger partial charge in [-0.25, -0.2) is 0 Å². The van der Waals surface area contributed by atoms with Crippen LogP contribution in [0.5, 0.6) is 0 Å². The number of rotatable bonds is 3. The second-order valence-electron chi connectivity index (χ2n) is 5.80. The number of benzene rings is 2. The summed E-state index contributed by atoms with van der Waals surface area (Å²) in [4.78, 5) is 12.5. The quantitative estimate of drug-likeness (QED) is 0.903. The average molecular weight is 337 g/mol. The summed E-state index contributed by atoms with van der Waals surface area (Å²) in [6.45, 7) is 0.476. The largest absolute Gasteiger partial charge is 0.351 e. The van der Waals surface area contributed by atoms with E-state index in [1.165, 1.54) is 0 Å². The molecule has 1 heterocycles. The Morgan fingerprint density at radius 2 is 2.00 bits per heavy atom. The van der Waals surface area contributed by atoms with E-state index in [1.54, 1.807) is 23.9 Å². The Kier molecular flexibility index (Phi) is 5.19. The molecule has 1 saturated heterocycles. The van der Waals surface area contributed by atoms with E-state index in [4.69, 9.17) is 11.0 Å². The van der Waals surface area contributed by atoms with Crippen molar-refractivity contribution in [2.75, 3.05) is 12.3 Å². The van der Waals surface area contributed by atoms with Crippen LogP contribution in [-0.4, -0.2) is 24.2 Å². The minimum absolute atomic E-state index is 0.0323. The van der Waals surface area contributed by atoms with Gasteiger partial charge in [-0.05, 0) is 47.1 Å². The molecule has 2 aromatic rings. The lowest BCUT2D eigenvalue weighted by Crippen LogP contribution is -2.40. The zero-order valence-corrected chi connectivity index (χ0v) is 14.1. The molecule has 1 fully saturated rings. The minimum Gasteiger partial charge on any atom is -0.351 e. The Labute approximate surface area is 146 Å². The lowest BCUT2D eigenvalue weighted by atomic mass is 10.0. The fraction of sp³-hybridized carbons (Fsp3) is 0.263. The van der Waals surface area contributed by atoms with Gasteiger partial charge >= 0.3 is 0 Å². The van der Waals surface area contributed by atoms with Crippen molar-refractivity contribution < 1.29 is 4.79 Å². The lowest BCUT2D eigenvalue weighted by Gasteiger charge is -2.16. The van der Waals surface area contributed by atoms with Crippen molar-refractivity contribution >= 4 is 17.7 Å². The van der Waals surface area contributed by atoms with E-state index in [0.717, 1.165) is 28.9 Å². The highest BCUT2D eigenvalue weighted by atomic mass is 32.2. The van der Waals surface area contributed by atoms with Gasteiger partial charge in [0.2, 0.25) is 5.91 Å². The van der Waals surface area contributed by atoms with Gasteiger partial charge in [-0.15, -0.1) is 11.8 Å². The van der Waals surface area contributed by atoms with Gasteiger partial charge in [-0.1, -0.05) is 30.3 Å². The third-order valence-corrected chi connectivity index (χ3v) is 5.45. The van der Waals surface area contributed by atoms with Crippen LogP contribution in [-0.2, 0) is 4.79 Å². The van der Waals surface area contributed by atoms with Crippen LogP contribution in [0.3, 0.4) is 0 Å². The molecule has 3 N–H and O–H groups in total. The molecular formula is C19H19N3OS. The summed E-state index contributed by atoms with van der Waals surface area (Å²) < 4.78 is 0. The summed E-state index contributed by atoms with van der Waals surface area (Å²) in [6.07, 6.45) is 0.902. The molecule has 0 radical (unpaired) electrons. The summed E-state index contributed by atoms with van der Waals surface area (Å²) in [5, 5.41) is 11.7. The van der Waals surface area contributed by atoms with Crippen LogP contribution in [0, 0.1) is 11.3 Å².